The SMILES string of the molecule is CCc1nsc(N2CCCN(C(=O)NCc3ccco3)CC2)n1. The number of anilines is 1. The minimum atomic E-state index is -0.0465. The molecule has 1 aliphatic rings. The molecule has 3 heterocycles. The molecule has 0 saturated carbocycles. The maximum absolute atomic E-state index is 12.3. The number of urea groups is 1. The third-order valence-electron chi connectivity index (χ3n) is 3.82. The van der Waals surface area contributed by atoms with Crippen LogP contribution in [0.1, 0.15) is 24.9 Å². The van der Waals surface area contributed by atoms with Crippen molar-refractivity contribution in [3.05, 3.63) is 30.0 Å². The number of nitrogens with zero attached hydrogens (tertiary/aromatic N) is 4. The van der Waals surface area contributed by atoms with Gasteiger partial charge in [-0.1, -0.05) is 6.92 Å². The lowest BCUT2D eigenvalue weighted by molar-refractivity contribution is 0.200. The number of nitrogens with one attached hydrogen (secondary N) is 1. The Bertz CT molecular complexity index is 628. The molecule has 2 aromatic rings. The van der Waals surface area contributed by atoms with Crippen LogP contribution < -0.4 is 10.2 Å². The number of rotatable bonds is 4. The lowest BCUT2D eigenvalue weighted by Crippen LogP contribution is -2.41. The zero-order valence-corrected chi connectivity index (χ0v) is 14.0. The van der Waals surface area contributed by atoms with Gasteiger partial charge in [0.15, 0.2) is 0 Å². The molecule has 0 aromatic carbocycles. The van der Waals surface area contributed by atoms with Crippen LogP contribution in [0.3, 0.4) is 0 Å². The van der Waals surface area contributed by atoms with Crippen LogP contribution in [0.25, 0.3) is 0 Å². The summed E-state index contributed by atoms with van der Waals surface area (Å²) in [5, 5.41) is 3.86. The van der Waals surface area contributed by atoms with Crippen molar-refractivity contribution in [2.45, 2.75) is 26.3 Å². The van der Waals surface area contributed by atoms with Gasteiger partial charge < -0.3 is 19.5 Å². The molecule has 1 fully saturated rings. The molecule has 0 bridgehead atoms. The molecule has 2 amide bonds. The molecule has 0 radical (unpaired) electrons. The van der Waals surface area contributed by atoms with Gasteiger partial charge in [-0.25, -0.2) is 9.78 Å². The molecule has 124 valence electrons. The smallest absolute Gasteiger partial charge is 0.317 e. The van der Waals surface area contributed by atoms with Crippen molar-refractivity contribution < 1.29 is 9.21 Å². The average molecular weight is 335 g/mol. The number of hydrogen-bond donors (Lipinski definition) is 1. The van der Waals surface area contributed by atoms with E-state index in [9.17, 15) is 4.79 Å². The molecule has 8 heteroatoms. The summed E-state index contributed by atoms with van der Waals surface area (Å²) in [6, 6.07) is 3.62. The Labute approximate surface area is 139 Å². The summed E-state index contributed by atoms with van der Waals surface area (Å²) in [5.41, 5.74) is 0. The van der Waals surface area contributed by atoms with Crippen LogP contribution in [-0.4, -0.2) is 46.5 Å². The van der Waals surface area contributed by atoms with Crippen molar-refractivity contribution in [2.75, 3.05) is 31.1 Å². The summed E-state index contributed by atoms with van der Waals surface area (Å²) in [5.74, 6) is 1.65. The van der Waals surface area contributed by atoms with Gasteiger partial charge in [0.1, 0.15) is 11.6 Å². The Kier molecular flexibility index (Phi) is 5.12. The van der Waals surface area contributed by atoms with Crippen LogP contribution in [-0.2, 0) is 13.0 Å². The predicted octanol–water partition coefficient (Wildman–Crippen LogP) is 2.12. The van der Waals surface area contributed by atoms with Crippen LogP contribution in [0.2, 0.25) is 0 Å². The summed E-state index contributed by atoms with van der Waals surface area (Å²) in [7, 11) is 0. The second kappa shape index (κ2) is 7.45. The molecule has 2 aromatic heterocycles. The first-order valence-electron chi connectivity index (χ1n) is 7.89. The number of amides is 2. The van der Waals surface area contributed by atoms with Crippen LogP contribution in [0.5, 0.6) is 0 Å². The van der Waals surface area contributed by atoms with Crippen LogP contribution >= 0.6 is 11.5 Å². The van der Waals surface area contributed by atoms with Gasteiger partial charge in [0.25, 0.3) is 0 Å². The molecule has 0 spiro atoms. The summed E-state index contributed by atoms with van der Waals surface area (Å²) in [6.07, 6.45) is 3.39. The van der Waals surface area contributed by atoms with Gasteiger partial charge in [0.2, 0.25) is 5.13 Å². The van der Waals surface area contributed by atoms with Crippen molar-refractivity contribution in [2.24, 2.45) is 0 Å². The van der Waals surface area contributed by atoms with Crippen molar-refractivity contribution in [1.82, 2.24) is 19.6 Å². The molecule has 1 N–H and O–H groups in total. The van der Waals surface area contributed by atoms with E-state index in [1.807, 2.05) is 17.0 Å². The third kappa shape index (κ3) is 4.01. The van der Waals surface area contributed by atoms with E-state index in [1.54, 1.807) is 6.26 Å². The molecule has 0 unspecified atom stereocenters. The summed E-state index contributed by atoms with van der Waals surface area (Å²) in [4.78, 5) is 20.9. The zero-order valence-electron chi connectivity index (χ0n) is 13.2. The molecule has 3 rings (SSSR count). The first kappa shape index (κ1) is 15.8. The first-order valence-corrected chi connectivity index (χ1v) is 8.66. The minimum absolute atomic E-state index is 0.0465. The Morgan fingerprint density at radius 2 is 2.30 bits per heavy atom. The minimum Gasteiger partial charge on any atom is -0.467 e. The molecular formula is C15H21N5O2S. The summed E-state index contributed by atoms with van der Waals surface area (Å²) < 4.78 is 9.57. The van der Waals surface area contributed by atoms with E-state index in [-0.39, 0.29) is 6.03 Å². The molecule has 1 aliphatic heterocycles. The van der Waals surface area contributed by atoms with Gasteiger partial charge >= 0.3 is 6.03 Å². The van der Waals surface area contributed by atoms with E-state index >= 15 is 0 Å². The predicted molar refractivity (Wildman–Crippen MR) is 88.6 cm³/mol. The quantitative estimate of drug-likeness (QED) is 0.926. The number of aromatic nitrogens is 2. The lowest BCUT2D eigenvalue weighted by Gasteiger charge is -2.21. The molecule has 1 saturated heterocycles. The topological polar surface area (TPSA) is 74.5 Å². The highest BCUT2D eigenvalue weighted by Gasteiger charge is 2.21. The Hall–Kier alpha value is -2.09. The second-order valence-corrected chi connectivity index (χ2v) is 6.14. The Balaban J connectivity index is 1.52. The zero-order chi connectivity index (χ0) is 16.1. The highest BCUT2D eigenvalue weighted by molar-refractivity contribution is 7.09. The van der Waals surface area contributed by atoms with E-state index in [0.717, 1.165) is 49.2 Å². The summed E-state index contributed by atoms with van der Waals surface area (Å²) >= 11 is 1.44. The highest BCUT2D eigenvalue weighted by atomic mass is 32.1. The standard InChI is InChI=1S/C15H21N5O2S/c1-2-13-17-15(23-18-13)20-7-4-6-19(8-9-20)14(21)16-11-12-5-3-10-22-12/h3,5,10H,2,4,6-9,11H2,1H3,(H,16,21). The molecule has 7 nitrogen and oxygen atoms in total. The molecule has 0 aliphatic carbocycles. The number of carbonyl (C=O) groups is 1. The van der Waals surface area contributed by atoms with Crippen molar-refractivity contribution in [1.29, 1.82) is 0 Å². The number of furan rings is 1. The fourth-order valence-corrected chi connectivity index (χ4v) is 3.32. The van der Waals surface area contributed by atoms with E-state index in [2.05, 4.69) is 26.5 Å². The third-order valence-corrected chi connectivity index (χ3v) is 4.64. The maximum Gasteiger partial charge on any atom is 0.317 e. The van der Waals surface area contributed by atoms with Gasteiger partial charge in [-0.15, -0.1) is 0 Å². The Morgan fingerprint density at radius 3 is 3.04 bits per heavy atom. The monoisotopic (exact) mass is 335 g/mol. The van der Waals surface area contributed by atoms with E-state index < -0.39 is 0 Å². The van der Waals surface area contributed by atoms with Crippen LogP contribution in [0, 0.1) is 0 Å². The van der Waals surface area contributed by atoms with Gasteiger partial charge in [0, 0.05) is 44.1 Å². The fourth-order valence-electron chi connectivity index (χ4n) is 2.52. The van der Waals surface area contributed by atoms with Crippen molar-refractivity contribution in [3.8, 4) is 0 Å². The van der Waals surface area contributed by atoms with E-state index in [0.29, 0.717) is 13.1 Å². The van der Waals surface area contributed by atoms with Gasteiger partial charge in [-0.05, 0) is 18.6 Å². The second-order valence-electron chi connectivity index (χ2n) is 5.41. The van der Waals surface area contributed by atoms with E-state index in [1.165, 1.54) is 11.5 Å². The van der Waals surface area contributed by atoms with Crippen LogP contribution in [0.4, 0.5) is 9.93 Å². The van der Waals surface area contributed by atoms with Crippen molar-refractivity contribution >= 4 is 22.7 Å². The van der Waals surface area contributed by atoms with E-state index in [4.69, 9.17) is 4.42 Å². The van der Waals surface area contributed by atoms with Gasteiger partial charge in [0.05, 0.1) is 12.8 Å². The largest absolute Gasteiger partial charge is 0.467 e. The number of carbonyl (C=O) groups excluding carboxylic acids is 1. The highest BCUT2D eigenvalue weighted by Crippen LogP contribution is 2.19. The van der Waals surface area contributed by atoms with Crippen molar-refractivity contribution in [3.63, 3.8) is 0 Å². The Morgan fingerprint density at radius 1 is 1.39 bits per heavy atom. The average Bonchev–Trinajstić information content (AvgIpc) is 3.20. The lowest BCUT2D eigenvalue weighted by atomic mass is 10.4. The number of aryl methyl sites for hydroxylation is 1. The van der Waals surface area contributed by atoms with Gasteiger partial charge in [-0.3, -0.25) is 0 Å². The first-order chi connectivity index (χ1) is 11.3. The molecular weight excluding hydrogens is 314 g/mol. The maximum atomic E-state index is 12.3. The normalized spacial score (nSPS) is 15.5. The van der Waals surface area contributed by atoms with Gasteiger partial charge in [-0.2, -0.15) is 4.37 Å². The summed E-state index contributed by atoms with van der Waals surface area (Å²) in [6.45, 7) is 5.60. The van der Waals surface area contributed by atoms with Crippen LogP contribution in [0.15, 0.2) is 22.8 Å². The number of hydrogen-bond acceptors (Lipinski definition) is 6. The molecule has 23 heavy (non-hydrogen) atoms. The fraction of sp³-hybridized carbons (Fsp3) is 0.533. The molecule has 0 atom stereocenters.